The number of unbranched alkanes of at least 4 members (excludes halogenated alkanes) is 1. The maximum atomic E-state index is 12.5. The quantitative estimate of drug-likeness (QED) is 0.320. The summed E-state index contributed by atoms with van der Waals surface area (Å²) in [4.78, 5) is 20.9. The van der Waals surface area contributed by atoms with Crippen molar-refractivity contribution in [3.05, 3.63) is 24.4 Å². The molecular weight excluding hydrogens is 280 g/mol. The Balaban J connectivity index is 2.57. The highest BCUT2D eigenvalue weighted by molar-refractivity contribution is 5.95. The number of anilines is 1. The van der Waals surface area contributed by atoms with Gasteiger partial charge in [0.25, 0.3) is 5.91 Å². The minimum atomic E-state index is -0.563. The normalized spacial score (nSPS) is 13.2. The largest absolute Gasteiger partial charge is 0.388 e. The van der Waals surface area contributed by atoms with Crippen LogP contribution in [0.25, 0.3) is 0 Å². The highest BCUT2D eigenvalue weighted by Gasteiger charge is 2.24. The summed E-state index contributed by atoms with van der Waals surface area (Å²) in [6.07, 6.45) is 3.95. The number of pyridine rings is 1. The van der Waals surface area contributed by atoms with Crippen LogP contribution >= 0.6 is 0 Å². The fourth-order valence-corrected chi connectivity index (χ4v) is 2.01. The second-order valence-corrected chi connectivity index (χ2v) is 5.31. The van der Waals surface area contributed by atoms with Crippen molar-refractivity contribution in [2.24, 2.45) is 16.5 Å². The number of nitrogens with two attached hydrogens (primary N) is 2. The Morgan fingerprint density at radius 1 is 1.36 bits per heavy atom. The predicted octanol–water partition coefficient (Wildman–Crippen LogP) is 0.766. The molecule has 7 heteroatoms. The second kappa shape index (κ2) is 9.11. The Morgan fingerprint density at radius 3 is 2.64 bits per heavy atom. The lowest BCUT2D eigenvalue weighted by atomic mass is 10.1. The molecule has 1 amide bonds. The molecule has 0 aliphatic rings. The van der Waals surface area contributed by atoms with Gasteiger partial charge in [0.15, 0.2) is 0 Å². The SMILES string of the molecule is CC(N)=NCCCC[C@H](N)C(=O)N(c1ccccn1)N(C)C. The first-order chi connectivity index (χ1) is 10.4. The van der Waals surface area contributed by atoms with E-state index in [1.54, 1.807) is 38.3 Å². The summed E-state index contributed by atoms with van der Waals surface area (Å²) in [6, 6.07) is 4.86. The number of hydrazine groups is 1. The molecule has 0 aliphatic heterocycles. The average Bonchev–Trinajstić information content (AvgIpc) is 2.47. The van der Waals surface area contributed by atoms with Gasteiger partial charge in [0.05, 0.1) is 11.9 Å². The van der Waals surface area contributed by atoms with Gasteiger partial charge in [-0.25, -0.2) is 15.0 Å². The van der Waals surface area contributed by atoms with Gasteiger partial charge in [0.1, 0.15) is 5.82 Å². The molecule has 1 heterocycles. The van der Waals surface area contributed by atoms with Crippen molar-refractivity contribution in [1.82, 2.24) is 9.99 Å². The van der Waals surface area contributed by atoms with E-state index in [1.165, 1.54) is 5.01 Å². The Labute approximate surface area is 132 Å². The molecular formula is C15H26N6O. The Bertz CT molecular complexity index is 484. The van der Waals surface area contributed by atoms with Crippen molar-refractivity contribution < 1.29 is 4.79 Å². The lowest BCUT2D eigenvalue weighted by molar-refractivity contribution is -0.122. The summed E-state index contributed by atoms with van der Waals surface area (Å²) in [6.45, 7) is 2.43. The van der Waals surface area contributed by atoms with Gasteiger partial charge < -0.3 is 11.5 Å². The van der Waals surface area contributed by atoms with E-state index in [0.29, 0.717) is 24.6 Å². The molecule has 0 aromatic carbocycles. The molecule has 7 nitrogen and oxygen atoms in total. The zero-order chi connectivity index (χ0) is 16.5. The van der Waals surface area contributed by atoms with Crippen molar-refractivity contribution in [3.8, 4) is 0 Å². The fourth-order valence-electron chi connectivity index (χ4n) is 2.01. The van der Waals surface area contributed by atoms with Crippen molar-refractivity contribution >= 4 is 17.6 Å². The topological polar surface area (TPSA) is 101 Å². The number of aliphatic imine (C=N–C) groups is 1. The molecule has 4 N–H and O–H groups in total. The lowest BCUT2D eigenvalue weighted by Crippen LogP contribution is -2.50. The van der Waals surface area contributed by atoms with Crippen molar-refractivity contribution in [2.45, 2.75) is 32.2 Å². The number of rotatable bonds is 8. The predicted molar refractivity (Wildman–Crippen MR) is 89.4 cm³/mol. The molecule has 1 rings (SSSR count). The first-order valence-electron chi connectivity index (χ1n) is 7.38. The molecule has 1 atom stereocenters. The first-order valence-corrected chi connectivity index (χ1v) is 7.38. The fraction of sp³-hybridized carbons (Fsp3) is 0.533. The Hall–Kier alpha value is -1.99. The maximum absolute atomic E-state index is 12.5. The summed E-state index contributed by atoms with van der Waals surface area (Å²) in [5.74, 6) is 0.979. The zero-order valence-corrected chi connectivity index (χ0v) is 13.6. The average molecular weight is 306 g/mol. The van der Waals surface area contributed by atoms with Gasteiger partial charge in [0, 0.05) is 26.8 Å². The van der Waals surface area contributed by atoms with Gasteiger partial charge in [0.2, 0.25) is 0 Å². The molecule has 0 radical (unpaired) electrons. The highest BCUT2D eigenvalue weighted by Crippen LogP contribution is 2.13. The maximum Gasteiger partial charge on any atom is 0.259 e. The van der Waals surface area contributed by atoms with Crippen LogP contribution in [0.1, 0.15) is 26.2 Å². The molecule has 0 unspecified atom stereocenters. The molecule has 1 aromatic rings. The number of carbonyl (C=O) groups excluding carboxylic acids is 1. The molecule has 122 valence electrons. The standard InChI is InChI=1S/C15H26N6O/c1-12(16)18-10-6-4-8-13(17)15(22)21(20(2)3)14-9-5-7-11-19-14/h5,7,9,11,13H,4,6,8,10,17H2,1-3H3,(H2,16,18)/t13-/m0/s1. The summed E-state index contributed by atoms with van der Waals surface area (Å²) < 4.78 is 0. The number of hydrogen-bond acceptors (Lipinski definition) is 5. The molecule has 0 saturated carbocycles. The Morgan fingerprint density at radius 2 is 2.09 bits per heavy atom. The van der Waals surface area contributed by atoms with Crippen molar-refractivity contribution in [3.63, 3.8) is 0 Å². The molecule has 0 bridgehead atoms. The number of aromatic nitrogens is 1. The summed E-state index contributed by atoms with van der Waals surface area (Å²) in [5.41, 5.74) is 11.5. The van der Waals surface area contributed by atoms with E-state index >= 15 is 0 Å². The molecule has 0 aliphatic carbocycles. The van der Waals surface area contributed by atoms with Crippen LogP contribution in [0.3, 0.4) is 0 Å². The zero-order valence-electron chi connectivity index (χ0n) is 13.6. The van der Waals surface area contributed by atoms with Crippen LogP contribution in [0.2, 0.25) is 0 Å². The van der Waals surface area contributed by atoms with Crippen LogP contribution in [0.4, 0.5) is 5.82 Å². The van der Waals surface area contributed by atoms with E-state index in [2.05, 4.69) is 9.98 Å². The summed E-state index contributed by atoms with van der Waals surface area (Å²) >= 11 is 0. The Kier molecular flexibility index (Phi) is 7.48. The molecule has 22 heavy (non-hydrogen) atoms. The monoisotopic (exact) mass is 306 g/mol. The van der Waals surface area contributed by atoms with Crippen LogP contribution in [-0.4, -0.2) is 48.4 Å². The third-order valence-corrected chi connectivity index (χ3v) is 3.08. The van der Waals surface area contributed by atoms with E-state index in [-0.39, 0.29) is 5.91 Å². The van der Waals surface area contributed by atoms with Crippen LogP contribution in [0.15, 0.2) is 29.4 Å². The molecule has 0 saturated heterocycles. The van der Waals surface area contributed by atoms with E-state index < -0.39 is 6.04 Å². The van der Waals surface area contributed by atoms with E-state index in [4.69, 9.17) is 11.5 Å². The van der Waals surface area contributed by atoms with Crippen LogP contribution in [-0.2, 0) is 4.79 Å². The number of amidine groups is 1. The summed E-state index contributed by atoms with van der Waals surface area (Å²) in [7, 11) is 3.58. The molecule has 0 fully saturated rings. The van der Waals surface area contributed by atoms with Crippen LogP contribution in [0.5, 0.6) is 0 Å². The van der Waals surface area contributed by atoms with Gasteiger partial charge in [-0.1, -0.05) is 6.07 Å². The van der Waals surface area contributed by atoms with E-state index in [1.807, 2.05) is 12.1 Å². The van der Waals surface area contributed by atoms with Crippen LogP contribution < -0.4 is 16.5 Å². The third-order valence-electron chi connectivity index (χ3n) is 3.08. The van der Waals surface area contributed by atoms with Crippen molar-refractivity contribution in [1.29, 1.82) is 0 Å². The minimum Gasteiger partial charge on any atom is -0.388 e. The number of carbonyl (C=O) groups is 1. The second-order valence-electron chi connectivity index (χ2n) is 5.31. The lowest BCUT2D eigenvalue weighted by Gasteiger charge is -2.30. The first kappa shape index (κ1) is 18.1. The van der Waals surface area contributed by atoms with Gasteiger partial charge in [-0.2, -0.15) is 0 Å². The van der Waals surface area contributed by atoms with Gasteiger partial charge in [-0.05, 0) is 38.3 Å². The van der Waals surface area contributed by atoms with Gasteiger partial charge in [-0.15, -0.1) is 0 Å². The van der Waals surface area contributed by atoms with E-state index in [0.717, 1.165) is 12.8 Å². The van der Waals surface area contributed by atoms with Crippen LogP contribution in [0, 0.1) is 0 Å². The molecule has 1 aromatic heterocycles. The van der Waals surface area contributed by atoms with Gasteiger partial charge >= 0.3 is 0 Å². The number of nitrogens with zero attached hydrogens (tertiary/aromatic N) is 4. The number of amides is 1. The molecule has 0 spiro atoms. The minimum absolute atomic E-state index is 0.165. The summed E-state index contributed by atoms with van der Waals surface area (Å²) in [5, 5.41) is 3.18. The van der Waals surface area contributed by atoms with Crippen molar-refractivity contribution in [2.75, 3.05) is 25.6 Å². The van der Waals surface area contributed by atoms with E-state index in [9.17, 15) is 4.79 Å². The third kappa shape index (κ3) is 5.79. The number of hydrogen-bond donors (Lipinski definition) is 2. The highest BCUT2D eigenvalue weighted by atomic mass is 16.2. The van der Waals surface area contributed by atoms with Gasteiger partial charge in [-0.3, -0.25) is 9.79 Å². The smallest absolute Gasteiger partial charge is 0.259 e.